The molecule has 0 aliphatic heterocycles. The Labute approximate surface area is 337 Å². The third kappa shape index (κ3) is 6.30. The minimum atomic E-state index is 1.23. The van der Waals surface area contributed by atoms with Gasteiger partial charge in [-0.05, 0) is 194 Å². The van der Waals surface area contributed by atoms with E-state index in [0.717, 1.165) is 0 Å². The molecule has 9 rings (SSSR count). The fourth-order valence-electron chi connectivity index (χ4n) is 9.48. The van der Waals surface area contributed by atoms with Gasteiger partial charge in [-0.3, -0.25) is 0 Å². The summed E-state index contributed by atoms with van der Waals surface area (Å²) < 4.78 is 4.68. The molecule has 0 saturated carbocycles. The summed E-state index contributed by atoms with van der Waals surface area (Å²) in [6.07, 6.45) is 4.43. The lowest BCUT2D eigenvalue weighted by Crippen LogP contribution is -1.99. The van der Waals surface area contributed by atoms with Crippen molar-refractivity contribution < 1.29 is 0 Å². The molecule has 0 radical (unpaired) electrons. The molecule has 0 aliphatic rings. The zero-order valence-corrected chi connectivity index (χ0v) is 34.7. The summed E-state index contributed by atoms with van der Waals surface area (Å²) in [5.74, 6) is 0. The average molecular weight is 739 g/mol. The smallest absolute Gasteiger partial charge is 0.0529 e. The molecule has 2 heteroatoms. The summed E-state index contributed by atoms with van der Waals surface area (Å²) in [5, 5.41) is 2.51. The van der Waals surface area contributed by atoms with Crippen LogP contribution in [0.3, 0.4) is 0 Å². The third-order valence-electron chi connectivity index (χ3n) is 12.2. The van der Waals surface area contributed by atoms with Crippen molar-refractivity contribution in [2.24, 2.45) is 0 Å². The van der Waals surface area contributed by atoms with Gasteiger partial charge in [0.25, 0.3) is 0 Å². The van der Waals surface area contributed by atoms with Crippen molar-refractivity contribution in [2.75, 3.05) is 0 Å². The van der Waals surface area contributed by atoms with Crippen LogP contribution in [0.1, 0.15) is 50.1 Å². The second-order valence-electron chi connectivity index (χ2n) is 16.5. The van der Waals surface area contributed by atoms with Gasteiger partial charge in [-0.15, -0.1) is 0 Å². The number of rotatable bonds is 6. The van der Waals surface area contributed by atoms with E-state index >= 15 is 0 Å². The number of aromatic nitrogens is 2. The maximum atomic E-state index is 2.38. The Morgan fingerprint density at radius 1 is 0.298 bits per heavy atom. The van der Waals surface area contributed by atoms with Gasteiger partial charge in [-0.25, -0.2) is 0 Å². The summed E-state index contributed by atoms with van der Waals surface area (Å²) in [5.41, 5.74) is 26.7. The number of fused-ring (bicyclic) bond motifs is 2. The van der Waals surface area contributed by atoms with Gasteiger partial charge < -0.3 is 9.13 Å². The van der Waals surface area contributed by atoms with E-state index in [1.165, 1.54) is 128 Å². The quantitative estimate of drug-likeness (QED) is 0.161. The van der Waals surface area contributed by atoms with Gasteiger partial charge in [-0.1, -0.05) is 90.5 Å². The van der Waals surface area contributed by atoms with Crippen LogP contribution in [0.15, 0.2) is 140 Å². The van der Waals surface area contributed by atoms with Crippen LogP contribution in [-0.2, 0) is 0 Å². The molecular weight excluding hydrogens is 689 g/mol. The molecule has 0 bridgehead atoms. The summed E-state index contributed by atoms with van der Waals surface area (Å²) in [6.45, 7) is 20.0. The highest BCUT2D eigenvalue weighted by Crippen LogP contribution is 2.38. The Morgan fingerprint density at radius 2 is 0.667 bits per heavy atom. The van der Waals surface area contributed by atoms with Gasteiger partial charge in [0.2, 0.25) is 0 Å². The second kappa shape index (κ2) is 14.0. The van der Waals surface area contributed by atoms with Gasteiger partial charge in [0.1, 0.15) is 0 Å². The van der Waals surface area contributed by atoms with Crippen molar-refractivity contribution in [2.45, 2.75) is 62.3 Å². The van der Waals surface area contributed by atoms with Gasteiger partial charge in [0, 0.05) is 23.2 Å². The van der Waals surface area contributed by atoms with Crippen molar-refractivity contribution in [1.82, 2.24) is 9.13 Å². The van der Waals surface area contributed by atoms with E-state index in [1.54, 1.807) is 0 Å². The first-order chi connectivity index (χ1) is 27.4. The van der Waals surface area contributed by atoms with E-state index in [1.807, 2.05) is 0 Å². The molecule has 2 aromatic heterocycles. The van der Waals surface area contributed by atoms with E-state index in [-0.39, 0.29) is 0 Å². The van der Waals surface area contributed by atoms with Crippen LogP contribution in [0.2, 0.25) is 0 Å². The number of hydrogen-bond acceptors (Lipinski definition) is 0. The molecule has 9 aromatic rings. The Hall–Kier alpha value is -6.38. The standard InChI is InChI=1S/C55H50N2/c1-33-24-40(8)55(41(9)25-33)57-23-21-47-32-45(17-19-53(47)57)51-29-37(5)49(27-39(51)7)43-15-11-14-42(30-43)48-26-38(6)50(28-36(48)4)44-16-18-52-46(31-44)20-22-56(52)54-34(2)12-10-13-35(54)3/h10-32H,1-9H3. The Morgan fingerprint density at radius 3 is 1.09 bits per heavy atom. The van der Waals surface area contributed by atoms with Crippen LogP contribution >= 0.6 is 0 Å². The van der Waals surface area contributed by atoms with E-state index in [0.29, 0.717) is 0 Å². The predicted octanol–water partition coefficient (Wildman–Crippen LogP) is 15.0. The molecule has 0 N–H and O–H groups in total. The predicted molar refractivity (Wildman–Crippen MR) is 244 cm³/mol. The van der Waals surface area contributed by atoms with Crippen LogP contribution in [0.4, 0.5) is 0 Å². The monoisotopic (exact) mass is 738 g/mol. The Kier molecular flexibility index (Phi) is 8.89. The van der Waals surface area contributed by atoms with Crippen LogP contribution in [0.5, 0.6) is 0 Å². The number of aryl methyl sites for hydroxylation is 9. The van der Waals surface area contributed by atoms with Gasteiger partial charge in [0.15, 0.2) is 0 Å². The molecule has 0 saturated heterocycles. The third-order valence-corrected chi connectivity index (χ3v) is 12.2. The first kappa shape index (κ1) is 36.3. The molecule has 0 fully saturated rings. The van der Waals surface area contributed by atoms with Crippen molar-refractivity contribution in [1.29, 1.82) is 0 Å². The molecule has 280 valence electrons. The maximum absolute atomic E-state index is 2.38. The summed E-state index contributed by atoms with van der Waals surface area (Å²) in [4.78, 5) is 0. The van der Waals surface area contributed by atoms with E-state index in [4.69, 9.17) is 0 Å². The van der Waals surface area contributed by atoms with Gasteiger partial charge >= 0.3 is 0 Å². The molecular formula is C55H50N2. The Balaban J connectivity index is 1.01. The topological polar surface area (TPSA) is 9.86 Å². The lowest BCUT2D eigenvalue weighted by molar-refractivity contribution is 1.07. The lowest BCUT2D eigenvalue weighted by atomic mass is 9.88. The highest BCUT2D eigenvalue weighted by molar-refractivity contribution is 5.91. The molecule has 0 spiro atoms. The average Bonchev–Trinajstić information content (AvgIpc) is 3.79. The fraction of sp³-hybridized carbons (Fsp3) is 0.164. The first-order valence-electron chi connectivity index (χ1n) is 20.2. The van der Waals surface area contributed by atoms with E-state index in [2.05, 4.69) is 211 Å². The van der Waals surface area contributed by atoms with Crippen molar-refractivity contribution in [3.8, 4) is 55.9 Å². The highest BCUT2D eigenvalue weighted by Gasteiger charge is 2.16. The Bertz CT molecular complexity index is 3010. The molecule has 0 aliphatic carbocycles. The first-order valence-corrected chi connectivity index (χ1v) is 20.2. The lowest BCUT2D eigenvalue weighted by Gasteiger charge is -2.17. The molecule has 0 unspecified atom stereocenters. The zero-order valence-electron chi connectivity index (χ0n) is 34.7. The molecule has 0 amide bonds. The highest BCUT2D eigenvalue weighted by atomic mass is 15.0. The normalized spacial score (nSPS) is 11.6. The van der Waals surface area contributed by atoms with Crippen molar-refractivity contribution >= 4 is 21.8 Å². The van der Waals surface area contributed by atoms with Crippen LogP contribution in [0, 0.1) is 62.3 Å². The van der Waals surface area contributed by atoms with Crippen LogP contribution in [-0.4, -0.2) is 9.13 Å². The van der Waals surface area contributed by atoms with E-state index < -0.39 is 0 Å². The molecule has 2 heterocycles. The molecule has 57 heavy (non-hydrogen) atoms. The van der Waals surface area contributed by atoms with Crippen LogP contribution < -0.4 is 0 Å². The number of hydrogen-bond donors (Lipinski definition) is 0. The van der Waals surface area contributed by atoms with Crippen molar-refractivity contribution in [3.63, 3.8) is 0 Å². The number of benzene rings is 7. The molecule has 0 atom stereocenters. The molecule has 7 aromatic carbocycles. The largest absolute Gasteiger partial charge is 0.316 e. The summed E-state index contributed by atoms with van der Waals surface area (Å²) in [7, 11) is 0. The summed E-state index contributed by atoms with van der Waals surface area (Å²) in [6, 6.07) is 48.0. The molecule has 2 nitrogen and oxygen atoms in total. The summed E-state index contributed by atoms with van der Waals surface area (Å²) >= 11 is 0. The second-order valence-corrected chi connectivity index (χ2v) is 16.5. The maximum Gasteiger partial charge on any atom is 0.0529 e. The fourth-order valence-corrected chi connectivity index (χ4v) is 9.48. The van der Waals surface area contributed by atoms with Crippen LogP contribution in [0.25, 0.3) is 77.7 Å². The zero-order chi connectivity index (χ0) is 39.7. The van der Waals surface area contributed by atoms with Crippen molar-refractivity contribution in [3.05, 3.63) is 190 Å². The van der Waals surface area contributed by atoms with Gasteiger partial charge in [0.05, 0.1) is 22.4 Å². The van der Waals surface area contributed by atoms with E-state index in [9.17, 15) is 0 Å². The number of nitrogens with zero attached hydrogens (tertiary/aromatic N) is 2. The minimum absolute atomic E-state index is 1.23. The SMILES string of the molecule is Cc1cc(C)c(-n2ccc3cc(-c4cc(C)c(-c5cccc(-c6cc(C)c(-c7ccc8c(ccn8-c8c(C)cccc8C)c7)cc6C)c5)cc4C)ccc32)c(C)c1. The number of para-hydroxylation sites is 1. The van der Waals surface area contributed by atoms with Gasteiger partial charge in [-0.2, -0.15) is 0 Å². The minimum Gasteiger partial charge on any atom is -0.316 e.